The lowest BCUT2D eigenvalue weighted by atomic mass is 9.74. The molecule has 0 fully saturated rings. The largest absolute Gasteiger partial charge is 0.0838 e. The monoisotopic (exact) mass is 264 g/mol. The summed E-state index contributed by atoms with van der Waals surface area (Å²) in [6.45, 7) is 6.80. The molecule has 1 atom stereocenters. The number of hydrogen-bond acceptors (Lipinski definition) is 0. The summed E-state index contributed by atoms with van der Waals surface area (Å²) in [5, 5.41) is 0. The van der Waals surface area contributed by atoms with Crippen LogP contribution in [0.15, 0.2) is 66.7 Å². The summed E-state index contributed by atoms with van der Waals surface area (Å²) in [6.07, 6.45) is 4.47. The van der Waals surface area contributed by atoms with E-state index in [4.69, 9.17) is 0 Å². The van der Waals surface area contributed by atoms with Crippen LogP contribution in [-0.2, 0) is 5.41 Å². The molecule has 0 bridgehead atoms. The van der Waals surface area contributed by atoms with Crippen LogP contribution in [0.4, 0.5) is 0 Å². The van der Waals surface area contributed by atoms with Crippen LogP contribution in [0.5, 0.6) is 0 Å². The van der Waals surface area contributed by atoms with Crippen LogP contribution >= 0.6 is 0 Å². The molecule has 20 heavy (non-hydrogen) atoms. The van der Waals surface area contributed by atoms with Crippen molar-refractivity contribution in [1.29, 1.82) is 0 Å². The SMILES string of the molecule is CC=C(CC(C)(CC)c1ccccc1)c1ccccc1. The van der Waals surface area contributed by atoms with Gasteiger partial charge in [-0.05, 0) is 41.9 Å². The number of allylic oxidation sites excluding steroid dienone is 2. The van der Waals surface area contributed by atoms with Gasteiger partial charge in [0.15, 0.2) is 0 Å². The zero-order valence-electron chi connectivity index (χ0n) is 12.8. The number of benzene rings is 2. The van der Waals surface area contributed by atoms with Crippen molar-refractivity contribution in [2.45, 2.75) is 39.0 Å². The van der Waals surface area contributed by atoms with E-state index in [0.29, 0.717) is 0 Å². The molecule has 0 aliphatic heterocycles. The molecule has 0 heterocycles. The molecule has 2 rings (SSSR count). The Balaban J connectivity index is 2.30. The Morgan fingerprint density at radius 2 is 1.50 bits per heavy atom. The Bertz CT molecular complexity index is 551. The Morgan fingerprint density at radius 1 is 0.950 bits per heavy atom. The van der Waals surface area contributed by atoms with E-state index in [2.05, 4.69) is 87.5 Å². The van der Waals surface area contributed by atoms with Gasteiger partial charge in [0.2, 0.25) is 0 Å². The molecule has 0 heteroatoms. The van der Waals surface area contributed by atoms with Gasteiger partial charge in [-0.1, -0.05) is 80.6 Å². The van der Waals surface area contributed by atoms with Crippen LogP contribution < -0.4 is 0 Å². The van der Waals surface area contributed by atoms with Crippen LogP contribution in [-0.4, -0.2) is 0 Å². The maximum atomic E-state index is 2.37. The van der Waals surface area contributed by atoms with Crippen molar-refractivity contribution < 1.29 is 0 Å². The van der Waals surface area contributed by atoms with E-state index < -0.39 is 0 Å². The second-order valence-electron chi connectivity index (χ2n) is 5.64. The van der Waals surface area contributed by atoms with Gasteiger partial charge in [0.1, 0.15) is 0 Å². The van der Waals surface area contributed by atoms with Gasteiger partial charge < -0.3 is 0 Å². The van der Waals surface area contributed by atoms with Crippen molar-refractivity contribution in [3.05, 3.63) is 77.9 Å². The quantitative estimate of drug-likeness (QED) is 0.635. The minimum atomic E-state index is 0.193. The average Bonchev–Trinajstić information content (AvgIpc) is 2.54. The van der Waals surface area contributed by atoms with E-state index in [-0.39, 0.29) is 5.41 Å². The van der Waals surface area contributed by atoms with Crippen molar-refractivity contribution in [3.8, 4) is 0 Å². The van der Waals surface area contributed by atoms with Gasteiger partial charge in [-0.15, -0.1) is 0 Å². The van der Waals surface area contributed by atoms with Crippen LogP contribution in [0.25, 0.3) is 5.57 Å². The zero-order valence-corrected chi connectivity index (χ0v) is 12.8. The average molecular weight is 264 g/mol. The van der Waals surface area contributed by atoms with Crippen molar-refractivity contribution in [2.75, 3.05) is 0 Å². The van der Waals surface area contributed by atoms with Gasteiger partial charge in [0, 0.05) is 0 Å². The third kappa shape index (κ3) is 3.19. The first-order valence-electron chi connectivity index (χ1n) is 7.46. The van der Waals surface area contributed by atoms with E-state index in [1.165, 1.54) is 16.7 Å². The molecule has 0 amide bonds. The summed E-state index contributed by atoms with van der Waals surface area (Å²) in [5.41, 5.74) is 4.39. The molecule has 0 saturated heterocycles. The highest BCUT2D eigenvalue weighted by atomic mass is 14.3. The molecule has 0 aliphatic rings. The van der Waals surface area contributed by atoms with Crippen molar-refractivity contribution in [1.82, 2.24) is 0 Å². The van der Waals surface area contributed by atoms with Crippen molar-refractivity contribution in [3.63, 3.8) is 0 Å². The fraction of sp³-hybridized carbons (Fsp3) is 0.300. The highest BCUT2D eigenvalue weighted by Crippen LogP contribution is 2.37. The molecule has 0 nitrogen and oxygen atoms in total. The van der Waals surface area contributed by atoms with E-state index in [1.807, 2.05) is 0 Å². The maximum absolute atomic E-state index is 2.37. The second kappa shape index (κ2) is 6.56. The molecular formula is C20H24. The normalized spacial score (nSPS) is 14.8. The van der Waals surface area contributed by atoms with Gasteiger partial charge in [-0.2, -0.15) is 0 Å². The first-order chi connectivity index (χ1) is 9.69. The van der Waals surface area contributed by atoms with Gasteiger partial charge in [-0.25, -0.2) is 0 Å². The van der Waals surface area contributed by atoms with E-state index in [1.54, 1.807) is 0 Å². The van der Waals surface area contributed by atoms with Crippen LogP contribution in [0.1, 0.15) is 44.7 Å². The van der Waals surface area contributed by atoms with Crippen molar-refractivity contribution >= 4 is 5.57 Å². The molecule has 2 aromatic carbocycles. The van der Waals surface area contributed by atoms with Crippen LogP contribution in [0.3, 0.4) is 0 Å². The second-order valence-corrected chi connectivity index (χ2v) is 5.64. The maximum Gasteiger partial charge on any atom is -0.00374 e. The molecular weight excluding hydrogens is 240 g/mol. The van der Waals surface area contributed by atoms with Crippen molar-refractivity contribution in [2.24, 2.45) is 0 Å². The lowest BCUT2D eigenvalue weighted by Gasteiger charge is -2.30. The van der Waals surface area contributed by atoms with Crippen LogP contribution in [0.2, 0.25) is 0 Å². The summed E-state index contributed by atoms with van der Waals surface area (Å²) in [4.78, 5) is 0. The molecule has 0 N–H and O–H groups in total. The molecule has 0 spiro atoms. The third-order valence-electron chi connectivity index (χ3n) is 4.32. The molecule has 0 aliphatic carbocycles. The summed E-state index contributed by atoms with van der Waals surface area (Å²) in [7, 11) is 0. The smallest absolute Gasteiger partial charge is 0.00374 e. The van der Waals surface area contributed by atoms with Crippen LogP contribution in [0, 0.1) is 0 Å². The summed E-state index contributed by atoms with van der Waals surface area (Å²) in [6, 6.07) is 21.6. The van der Waals surface area contributed by atoms with E-state index in [9.17, 15) is 0 Å². The first-order valence-corrected chi connectivity index (χ1v) is 7.46. The minimum absolute atomic E-state index is 0.193. The Kier molecular flexibility index (Phi) is 4.79. The Morgan fingerprint density at radius 3 is 2.00 bits per heavy atom. The predicted molar refractivity (Wildman–Crippen MR) is 88.8 cm³/mol. The summed E-state index contributed by atoms with van der Waals surface area (Å²) < 4.78 is 0. The molecule has 0 radical (unpaired) electrons. The predicted octanol–water partition coefficient (Wildman–Crippen LogP) is 5.85. The lowest BCUT2D eigenvalue weighted by molar-refractivity contribution is 0.467. The minimum Gasteiger partial charge on any atom is -0.0838 e. The van der Waals surface area contributed by atoms with Gasteiger partial charge >= 0.3 is 0 Å². The summed E-state index contributed by atoms with van der Waals surface area (Å²) in [5.74, 6) is 0. The van der Waals surface area contributed by atoms with Gasteiger partial charge in [0.25, 0.3) is 0 Å². The molecule has 104 valence electrons. The van der Waals surface area contributed by atoms with E-state index in [0.717, 1.165) is 12.8 Å². The molecule has 1 unspecified atom stereocenters. The lowest BCUT2D eigenvalue weighted by Crippen LogP contribution is -2.21. The molecule has 0 aromatic heterocycles. The Hall–Kier alpha value is -1.82. The number of rotatable bonds is 5. The fourth-order valence-corrected chi connectivity index (χ4v) is 2.72. The third-order valence-corrected chi connectivity index (χ3v) is 4.32. The molecule has 2 aromatic rings. The summed E-state index contributed by atoms with van der Waals surface area (Å²) >= 11 is 0. The van der Waals surface area contributed by atoms with E-state index >= 15 is 0 Å². The van der Waals surface area contributed by atoms with Gasteiger partial charge in [-0.3, -0.25) is 0 Å². The Labute approximate surface area is 123 Å². The highest BCUT2D eigenvalue weighted by Gasteiger charge is 2.25. The fourth-order valence-electron chi connectivity index (χ4n) is 2.72. The highest BCUT2D eigenvalue weighted by molar-refractivity contribution is 5.66. The zero-order chi connectivity index (χ0) is 14.4. The molecule has 0 saturated carbocycles. The van der Waals surface area contributed by atoms with Gasteiger partial charge in [0.05, 0.1) is 0 Å². The number of hydrogen-bond donors (Lipinski definition) is 0. The standard InChI is InChI=1S/C20H24/c1-4-17(18-12-8-6-9-13-18)16-20(3,5-2)19-14-10-7-11-15-19/h4,6-15H,5,16H2,1-3H3. The first kappa shape index (κ1) is 14.6. The topological polar surface area (TPSA) is 0 Å².